The van der Waals surface area contributed by atoms with Gasteiger partial charge in [0, 0.05) is 24.3 Å². The van der Waals surface area contributed by atoms with E-state index in [1.807, 2.05) is 4.90 Å². The number of aldehydes is 1. The van der Waals surface area contributed by atoms with Gasteiger partial charge in [-0.2, -0.15) is 13.2 Å². The van der Waals surface area contributed by atoms with Gasteiger partial charge in [-0.1, -0.05) is 6.42 Å². The maximum Gasteiger partial charge on any atom is 0.417 e. The summed E-state index contributed by atoms with van der Waals surface area (Å²) in [5.41, 5.74) is -0.542. The predicted octanol–water partition coefficient (Wildman–Crippen LogP) is 3.75. The van der Waals surface area contributed by atoms with E-state index in [0.29, 0.717) is 17.5 Å². The lowest BCUT2D eigenvalue weighted by Crippen LogP contribution is -2.21. The summed E-state index contributed by atoms with van der Waals surface area (Å²) >= 11 is 0. The number of rotatable bonds is 2. The van der Waals surface area contributed by atoms with Gasteiger partial charge in [-0.3, -0.25) is 4.79 Å². The molecule has 2 aliphatic rings. The van der Waals surface area contributed by atoms with E-state index in [-0.39, 0.29) is 11.8 Å². The van der Waals surface area contributed by atoms with Crippen molar-refractivity contribution < 1.29 is 18.0 Å². The predicted molar refractivity (Wildman–Crippen MR) is 69.9 cm³/mol. The zero-order valence-corrected chi connectivity index (χ0v) is 11.0. The Hall–Kier alpha value is -1.52. The topological polar surface area (TPSA) is 20.3 Å². The lowest BCUT2D eigenvalue weighted by Gasteiger charge is -2.21. The van der Waals surface area contributed by atoms with Gasteiger partial charge in [-0.25, -0.2) is 0 Å². The average Bonchev–Trinajstić information content (AvgIpc) is 2.97. The van der Waals surface area contributed by atoms with Crippen LogP contribution in [0.15, 0.2) is 18.2 Å². The number of hydrogen-bond acceptors (Lipinski definition) is 2. The molecule has 0 bridgehead atoms. The van der Waals surface area contributed by atoms with Gasteiger partial charge in [0.2, 0.25) is 0 Å². The minimum atomic E-state index is -4.48. The summed E-state index contributed by atoms with van der Waals surface area (Å²) in [7, 11) is 0. The molecule has 1 saturated heterocycles. The van der Waals surface area contributed by atoms with Crippen molar-refractivity contribution in [3.05, 3.63) is 29.3 Å². The second kappa shape index (κ2) is 4.79. The largest absolute Gasteiger partial charge is 0.417 e. The first-order valence-corrected chi connectivity index (χ1v) is 6.90. The minimum Gasteiger partial charge on any atom is -0.371 e. The van der Waals surface area contributed by atoms with E-state index in [4.69, 9.17) is 0 Å². The van der Waals surface area contributed by atoms with Crippen LogP contribution in [0.3, 0.4) is 0 Å². The summed E-state index contributed by atoms with van der Waals surface area (Å²) in [5.74, 6) is 1.24. The molecule has 1 heterocycles. The van der Waals surface area contributed by atoms with Crippen LogP contribution >= 0.6 is 0 Å². The third kappa shape index (κ3) is 2.30. The molecule has 1 saturated carbocycles. The Bertz CT molecular complexity index is 514. The number of halogens is 3. The molecule has 1 aliphatic carbocycles. The van der Waals surface area contributed by atoms with E-state index in [9.17, 15) is 18.0 Å². The van der Waals surface area contributed by atoms with Crippen molar-refractivity contribution in [2.45, 2.75) is 25.4 Å². The highest BCUT2D eigenvalue weighted by molar-refractivity contribution is 5.79. The fraction of sp³-hybridized carbons (Fsp3) is 0.533. The summed E-state index contributed by atoms with van der Waals surface area (Å²) in [6, 6.07) is 4.02. The summed E-state index contributed by atoms with van der Waals surface area (Å²) in [5, 5.41) is 0. The summed E-state index contributed by atoms with van der Waals surface area (Å²) in [6.07, 6.45) is -0.617. The Morgan fingerprint density at radius 2 is 1.80 bits per heavy atom. The molecule has 2 unspecified atom stereocenters. The fourth-order valence-electron chi connectivity index (χ4n) is 3.54. The van der Waals surface area contributed by atoms with Gasteiger partial charge in [-0.15, -0.1) is 0 Å². The first kappa shape index (κ1) is 13.5. The number of alkyl halides is 3. The summed E-state index contributed by atoms with van der Waals surface area (Å²) in [6.45, 7) is 1.67. The van der Waals surface area contributed by atoms with Crippen LogP contribution in [0.25, 0.3) is 0 Å². The standard InChI is InChI=1S/C15H16F3NO/c16-15(17,18)14-6-13(5-4-12(14)9-20)19-7-10-2-1-3-11(10)8-19/h4-6,9-11H,1-3,7-8H2. The number of fused-ring (bicyclic) bond motifs is 1. The van der Waals surface area contributed by atoms with Gasteiger partial charge in [0.25, 0.3) is 0 Å². The molecular formula is C15H16F3NO. The van der Waals surface area contributed by atoms with E-state index in [1.54, 1.807) is 6.07 Å². The van der Waals surface area contributed by atoms with Crippen molar-refractivity contribution >= 4 is 12.0 Å². The molecule has 2 atom stereocenters. The SMILES string of the molecule is O=Cc1ccc(N2CC3CCCC3C2)cc1C(F)(F)F. The van der Waals surface area contributed by atoms with Crippen molar-refractivity contribution in [2.75, 3.05) is 18.0 Å². The van der Waals surface area contributed by atoms with Crippen molar-refractivity contribution in [3.8, 4) is 0 Å². The Labute approximate surface area is 115 Å². The molecule has 1 aromatic rings. The number of carbonyl (C=O) groups is 1. The number of hydrogen-bond donors (Lipinski definition) is 0. The highest BCUT2D eigenvalue weighted by Gasteiger charge is 2.38. The van der Waals surface area contributed by atoms with Crippen LogP contribution in [-0.2, 0) is 6.18 Å². The van der Waals surface area contributed by atoms with Gasteiger partial charge in [-0.05, 0) is 42.9 Å². The molecule has 0 amide bonds. The average molecular weight is 283 g/mol. The molecule has 3 rings (SSSR count). The Morgan fingerprint density at radius 3 is 2.35 bits per heavy atom. The quantitative estimate of drug-likeness (QED) is 0.770. The molecule has 2 nitrogen and oxygen atoms in total. The highest BCUT2D eigenvalue weighted by atomic mass is 19.4. The molecule has 0 N–H and O–H groups in total. The first-order valence-electron chi connectivity index (χ1n) is 6.90. The maximum atomic E-state index is 13.0. The van der Waals surface area contributed by atoms with Gasteiger partial charge >= 0.3 is 6.18 Å². The van der Waals surface area contributed by atoms with Crippen molar-refractivity contribution in [3.63, 3.8) is 0 Å². The van der Waals surface area contributed by atoms with Crippen molar-refractivity contribution in [1.29, 1.82) is 0 Å². The molecule has 0 radical (unpaired) electrons. The second-order valence-electron chi connectivity index (χ2n) is 5.74. The molecular weight excluding hydrogens is 267 g/mol. The van der Waals surface area contributed by atoms with E-state index in [1.165, 1.54) is 25.3 Å². The number of anilines is 1. The van der Waals surface area contributed by atoms with Gasteiger partial charge in [0.1, 0.15) is 0 Å². The smallest absolute Gasteiger partial charge is 0.371 e. The number of benzene rings is 1. The van der Waals surface area contributed by atoms with Crippen molar-refractivity contribution in [2.24, 2.45) is 11.8 Å². The summed E-state index contributed by atoms with van der Waals surface area (Å²) in [4.78, 5) is 12.8. The molecule has 5 heteroatoms. The number of carbonyl (C=O) groups excluding carboxylic acids is 1. The molecule has 1 aromatic carbocycles. The zero-order chi connectivity index (χ0) is 14.3. The monoisotopic (exact) mass is 283 g/mol. The molecule has 108 valence electrons. The molecule has 0 spiro atoms. The van der Waals surface area contributed by atoms with Gasteiger partial charge in [0.05, 0.1) is 5.56 Å². The molecule has 20 heavy (non-hydrogen) atoms. The van der Waals surface area contributed by atoms with Gasteiger partial charge < -0.3 is 4.90 Å². The first-order chi connectivity index (χ1) is 9.49. The lowest BCUT2D eigenvalue weighted by molar-refractivity contribution is -0.137. The fourth-order valence-corrected chi connectivity index (χ4v) is 3.54. The van der Waals surface area contributed by atoms with E-state index >= 15 is 0 Å². The maximum absolute atomic E-state index is 13.0. The van der Waals surface area contributed by atoms with E-state index < -0.39 is 11.7 Å². The highest BCUT2D eigenvalue weighted by Crippen LogP contribution is 2.41. The molecule has 0 aromatic heterocycles. The van der Waals surface area contributed by atoms with E-state index in [2.05, 4.69) is 0 Å². The van der Waals surface area contributed by atoms with Crippen LogP contribution in [0.2, 0.25) is 0 Å². The Balaban J connectivity index is 1.89. The van der Waals surface area contributed by atoms with Crippen LogP contribution < -0.4 is 4.90 Å². The number of nitrogens with zero attached hydrogens (tertiary/aromatic N) is 1. The molecule has 2 fully saturated rings. The van der Waals surface area contributed by atoms with Crippen LogP contribution in [0.5, 0.6) is 0 Å². The third-order valence-corrected chi connectivity index (χ3v) is 4.56. The van der Waals surface area contributed by atoms with Crippen LogP contribution in [0.4, 0.5) is 18.9 Å². The molecule has 1 aliphatic heterocycles. The van der Waals surface area contributed by atoms with Crippen LogP contribution in [0, 0.1) is 11.8 Å². The second-order valence-corrected chi connectivity index (χ2v) is 5.74. The Morgan fingerprint density at radius 1 is 1.15 bits per heavy atom. The normalized spacial score (nSPS) is 25.9. The third-order valence-electron chi connectivity index (χ3n) is 4.56. The summed E-state index contributed by atoms with van der Waals surface area (Å²) < 4.78 is 38.9. The van der Waals surface area contributed by atoms with Crippen LogP contribution in [-0.4, -0.2) is 19.4 Å². The lowest BCUT2D eigenvalue weighted by atomic mass is 10.0. The van der Waals surface area contributed by atoms with Crippen molar-refractivity contribution in [1.82, 2.24) is 0 Å². The minimum absolute atomic E-state index is 0.269. The van der Waals surface area contributed by atoms with Gasteiger partial charge in [0.15, 0.2) is 6.29 Å². The zero-order valence-electron chi connectivity index (χ0n) is 11.0. The van der Waals surface area contributed by atoms with Crippen LogP contribution in [0.1, 0.15) is 35.2 Å². The van der Waals surface area contributed by atoms with E-state index in [0.717, 1.165) is 19.2 Å². The Kier molecular flexibility index (Phi) is 3.22.